The molecule has 0 rings (SSSR count). The summed E-state index contributed by atoms with van der Waals surface area (Å²) in [6.07, 6.45) is 4.37. The van der Waals surface area contributed by atoms with Crippen molar-refractivity contribution in [2.75, 3.05) is 32.2 Å². The van der Waals surface area contributed by atoms with E-state index in [2.05, 4.69) is 10.1 Å². The van der Waals surface area contributed by atoms with Gasteiger partial charge in [-0.15, -0.1) is 0 Å². The van der Waals surface area contributed by atoms with Crippen molar-refractivity contribution in [3.63, 3.8) is 0 Å². The number of nitrogens with one attached hydrogen (secondary N) is 1. The normalized spacial score (nSPS) is 13.7. The smallest absolute Gasteiger partial charge is 0.333 e. The van der Waals surface area contributed by atoms with Gasteiger partial charge in [-0.05, 0) is 19.9 Å². The molecule has 0 fully saturated rings. The second-order valence-corrected chi connectivity index (χ2v) is 4.77. The average Bonchev–Trinajstić information content (AvgIpc) is 2.21. The van der Waals surface area contributed by atoms with Crippen molar-refractivity contribution in [3.05, 3.63) is 11.6 Å². The Morgan fingerprint density at radius 3 is 2.73 bits per heavy atom. The monoisotopic (exact) mass is 233 g/mol. The average molecular weight is 233 g/mol. The highest BCUT2D eigenvalue weighted by Crippen LogP contribution is 1.93. The van der Waals surface area contributed by atoms with Crippen LogP contribution in [0, 0.1) is 0 Å². The van der Waals surface area contributed by atoms with Crippen LogP contribution in [0.5, 0.6) is 0 Å². The van der Waals surface area contributed by atoms with Crippen molar-refractivity contribution >= 4 is 16.8 Å². The van der Waals surface area contributed by atoms with E-state index in [1.165, 1.54) is 7.11 Å². The number of esters is 1. The maximum Gasteiger partial charge on any atom is 0.333 e. The SMILES string of the molecule is COC(=O)C(C)=CCNCCCS(C)=O. The highest BCUT2D eigenvalue weighted by atomic mass is 32.2. The van der Waals surface area contributed by atoms with Gasteiger partial charge in [-0.1, -0.05) is 6.08 Å². The van der Waals surface area contributed by atoms with Gasteiger partial charge in [-0.25, -0.2) is 4.79 Å². The van der Waals surface area contributed by atoms with E-state index in [-0.39, 0.29) is 5.97 Å². The summed E-state index contributed by atoms with van der Waals surface area (Å²) in [5, 5.41) is 3.13. The summed E-state index contributed by atoms with van der Waals surface area (Å²) in [4.78, 5) is 11.0. The molecule has 0 bridgehead atoms. The molecular weight excluding hydrogens is 214 g/mol. The fourth-order valence-electron chi connectivity index (χ4n) is 0.972. The van der Waals surface area contributed by atoms with E-state index < -0.39 is 10.8 Å². The number of carbonyl (C=O) groups excluding carboxylic acids is 1. The lowest BCUT2D eigenvalue weighted by molar-refractivity contribution is -0.136. The highest BCUT2D eigenvalue weighted by molar-refractivity contribution is 7.84. The van der Waals surface area contributed by atoms with E-state index in [0.29, 0.717) is 17.9 Å². The van der Waals surface area contributed by atoms with Crippen LogP contribution in [0.1, 0.15) is 13.3 Å². The third-order valence-corrected chi connectivity index (χ3v) is 2.71. The van der Waals surface area contributed by atoms with Gasteiger partial charge in [0.1, 0.15) is 0 Å². The minimum absolute atomic E-state index is 0.300. The maximum atomic E-state index is 11.0. The van der Waals surface area contributed by atoms with Crippen LogP contribution in [0.3, 0.4) is 0 Å². The topological polar surface area (TPSA) is 55.4 Å². The molecule has 1 N–H and O–H groups in total. The van der Waals surface area contributed by atoms with E-state index in [9.17, 15) is 9.00 Å². The van der Waals surface area contributed by atoms with Gasteiger partial charge < -0.3 is 10.1 Å². The molecule has 0 amide bonds. The molecule has 0 aliphatic rings. The number of hydrogen-bond donors (Lipinski definition) is 1. The number of hydrogen-bond acceptors (Lipinski definition) is 4. The molecule has 1 unspecified atom stereocenters. The van der Waals surface area contributed by atoms with E-state index in [1.54, 1.807) is 19.3 Å². The molecule has 0 radical (unpaired) electrons. The molecule has 0 aliphatic heterocycles. The summed E-state index contributed by atoms with van der Waals surface area (Å²) in [5.74, 6) is 0.415. The predicted molar refractivity (Wildman–Crippen MR) is 62.2 cm³/mol. The largest absolute Gasteiger partial charge is 0.466 e. The number of ether oxygens (including phenoxy) is 1. The Balaban J connectivity index is 3.52. The maximum absolute atomic E-state index is 11.0. The third kappa shape index (κ3) is 8.32. The summed E-state index contributed by atoms with van der Waals surface area (Å²) >= 11 is 0. The van der Waals surface area contributed by atoms with Crippen molar-refractivity contribution in [2.24, 2.45) is 0 Å². The molecule has 0 heterocycles. The van der Waals surface area contributed by atoms with Crippen LogP contribution in [0.4, 0.5) is 0 Å². The lowest BCUT2D eigenvalue weighted by Gasteiger charge is -2.01. The van der Waals surface area contributed by atoms with Gasteiger partial charge in [0.25, 0.3) is 0 Å². The van der Waals surface area contributed by atoms with Crippen LogP contribution in [0.15, 0.2) is 11.6 Å². The van der Waals surface area contributed by atoms with Crippen LogP contribution in [-0.2, 0) is 20.3 Å². The molecular formula is C10H19NO3S. The first-order valence-electron chi connectivity index (χ1n) is 4.83. The fraction of sp³-hybridized carbons (Fsp3) is 0.700. The van der Waals surface area contributed by atoms with Crippen LogP contribution in [-0.4, -0.2) is 42.4 Å². The zero-order valence-electron chi connectivity index (χ0n) is 9.54. The van der Waals surface area contributed by atoms with Gasteiger partial charge in [0.2, 0.25) is 0 Å². The predicted octanol–water partition coefficient (Wildman–Crippen LogP) is 0.464. The molecule has 0 aromatic carbocycles. The van der Waals surface area contributed by atoms with Gasteiger partial charge in [0, 0.05) is 34.9 Å². The van der Waals surface area contributed by atoms with Crippen LogP contribution >= 0.6 is 0 Å². The first kappa shape index (κ1) is 14.3. The van der Waals surface area contributed by atoms with Crippen LogP contribution in [0.25, 0.3) is 0 Å². The van der Waals surface area contributed by atoms with Gasteiger partial charge in [0.15, 0.2) is 0 Å². The van der Waals surface area contributed by atoms with E-state index >= 15 is 0 Å². The Kier molecular flexibility index (Phi) is 8.22. The van der Waals surface area contributed by atoms with E-state index in [0.717, 1.165) is 13.0 Å². The highest BCUT2D eigenvalue weighted by Gasteiger charge is 2.00. The van der Waals surface area contributed by atoms with Gasteiger partial charge in [0.05, 0.1) is 7.11 Å². The Labute approximate surface area is 93.5 Å². The van der Waals surface area contributed by atoms with Crippen LogP contribution in [0.2, 0.25) is 0 Å². The summed E-state index contributed by atoms with van der Waals surface area (Å²) in [5.41, 5.74) is 0.601. The van der Waals surface area contributed by atoms with Crippen LogP contribution < -0.4 is 5.32 Å². The molecule has 15 heavy (non-hydrogen) atoms. The lowest BCUT2D eigenvalue weighted by Crippen LogP contribution is -2.18. The summed E-state index contributed by atoms with van der Waals surface area (Å²) in [6, 6.07) is 0. The second kappa shape index (κ2) is 8.61. The Hall–Kier alpha value is -0.680. The summed E-state index contributed by atoms with van der Waals surface area (Å²) < 4.78 is 15.3. The molecule has 0 saturated carbocycles. The molecule has 0 aliphatic carbocycles. The zero-order valence-corrected chi connectivity index (χ0v) is 10.4. The Morgan fingerprint density at radius 2 is 2.20 bits per heavy atom. The second-order valence-electron chi connectivity index (χ2n) is 3.21. The molecule has 0 spiro atoms. The minimum Gasteiger partial charge on any atom is -0.466 e. The molecule has 4 nitrogen and oxygen atoms in total. The van der Waals surface area contributed by atoms with E-state index in [4.69, 9.17) is 0 Å². The van der Waals surface area contributed by atoms with Crippen molar-refractivity contribution in [1.82, 2.24) is 5.32 Å². The quantitative estimate of drug-likeness (QED) is 0.394. The zero-order chi connectivity index (χ0) is 11.7. The molecule has 0 aromatic heterocycles. The van der Waals surface area contributed by atoms with Gasteiger partial charge >= 0.3 is 5.97 Å². The van der Waals surface area contributed by atoms with Gasteiger partial charge in [-0.3, -0.25) is 4.21 Å². The van der Waals surface area contributed by atoms with Crippen molar-refractivity contribution in [3.8, 4) is 0 Å². The molecule has 1 atom stereocenters. The van der Waals surface area contributed by atoms with Crippen molar-refractivity contribution < 1.29 is 13.7 Å². The molecule has 5 heteroatoms. The standard InChI is InChI=1S/C10H19NO3S/c1-9(10(12)14-2)5-7-11-6-4-8-15(3)13/h5,11H,4,6-8H2,1-3H3. The molecule has 0 saturated heterocycles. The molecule has 0 aromatic rings. The number of rotatable bonds is 7. The minimum atomic E-state index is -0.718. The Morgan fingerprint density at radius 1 is 1.53 bits per heavy atom. The lowest BCUT2D eigenvalue weighted by atomic mass is 10.3. The summed E-state index contributed by atoms with van der Waals surface area (Å²) in [6.45, 7) is 3.16. The molecule has 88 valence electrons. The first-order valence-corrected chi connectivity index (χ1v) is 6.56. The number of methoxy groups -OCH3 is 1. The number of carbonyl (C=O) groups is 1. The third-order valence-electron chi connectivity index (χ3n) is 1.85. The first-order chi connectivity index (χ1) is 7.07. The Bertz CT molecular complexity index is 251. The summed E-state index contributed by atoms with van der Waals surface area (Å²) in [7, 11) is 0.647. The van der Waals surface area contributed by atoms with Crippen molar-refractivity contribution in [1.29, 1.82) is 0 Å². The van der Waals surface area contributed by atoms with E-state index in [1.807, 2.05) is 0 Å². The van der Waals surface area contributed by atoms with Crippen molar-refractivity contribution in [2.45, 2.75) is 13.3 Å². The van der Waals surface area contributed by atoms with Gasteiger partial charge in [-0.2, -0.15) is 0 Å². The fourth-order valence-corrected chi connectivity index (χ4v) is 1.52.